The largest absolute Gasteiger partial charge is 0.325 e. The minimum absolute atomic E-state index is 0.146. The van der Waals surface area contributed by atoms with Crippen molar-refractivity contribution in [2.75, 3.05) is 0 Å². The molecule has 114 valence electrons. The van der Waals surface area contributed by atoms with Crippen LogP contribution >= 0.6 is 0 Å². The smallest absolute Gasteiger partial charge is 0.313 e. The van der Waals surface area contributed by atoms with Crippen molar-refractivity contribution in [3.8, 4) is 11.3 Å². The van der Waals surface area contributed by atoms with Crippen LogP contribution in [-0.4, -0.2) is 20.2 Å². The van der Waals surface area contributed by atoms with Crippen LogP contribution in [0.1, 0.15) is 31.7 Å². The summed E-state index contributed by atoms with van der Waals surface area (Å²) < 4.78 is 13.3. The van der Waals surface area contributed by atoms with E-state index in [-0.39, 0.29) is 23.2 Å². The molecule has 1 fully saturated rings. The Balaban J connectivity index is 1.93. The number of hydrogen-bond acceptors (Lipinski definition) is 4. The van der Waals surface area contributed by atoms with E-state index in [1.165, 1.54) is 13.1 Å². The first-order valence-corrected chi connectivity index (χ1v) is 6.95. The van der Waals surface area contributed by atoms with Crippen molar-refractivity contribution >= 4 is 0 Å². The summed E-state index contributed by atoms with van der Waals surface area (Å²) in [6, 6.07) is 1.77. The lowest BCUT2D eigenvalue weighted by molar-refractivity contribution is 0.614. The molecule has 0 radical (unpaired) electrons. The third-order valence-corrected chi connectivity index (χ3v) is 4.09. The van der Waals surface area contributed by atoms with E-state index in [0.717, 1.165) is 17.6 Å². The van der Waals surface area contributed by atoms with Gasteiger partial charge in [-0.3, -0.25) is 9.78 Å². The van der Waals surface area contributed by atoms with Gasteiger partial charge in [-0.2, -0.15) is 10.2 Å². The molecule has 2 atom stereocenters. The maximum Gasteiger partial charge on any atom is 0.325 e. The third-order valence-electron chi connectivity index (χ3n) is 4.09. The lowest BCUT2D eigenvalue weighted by Crippen LogP contribution is -2.22. The summed E-state index contributed by atoms with van der Waals surface area (Å²) in [5, 5.41) is 7.86. The van der Waals surface area contributed by atoms with Crippen molar-refractivity contribution in [3.63, 3.8) is 0 Å². The third kappa shape index (κ3) is 2.61. The molecule has 7 heteroatoms. The minimum Gasteiger partial charge on any atom is -0.313 e. The fourth-order valence-corrected chi connectivity index (χ4v) is 2.61. The maximum atomic E-state index is 13.3. The average Bonchev–Trinajstić information content (AvgIpc) is 3.27. The summed E-state index contributed by atoms with van der Waals surface area (Å²) in [5.74, 6) is 0.226. The Hall–Kier alpha value is -2.57. The zero-order valence-electron chi connectivity index (χ0n) is 12.2. The second-order valence-corrected chi connectivity index (χ2v) is 5.52. The number of aromatic amines is 2. The van der Waals surface area contributed by atoms with Crippen LogP contribution in [0.3, 0.4) is 0 Å². The molecule has 0 aromatic carbocycles. The summed E-state index contributed by atoms with van der Waals surface area (Å²) >= 11 is 0. The second-order valence-electron chi connectivity index (χ2n) is 5.52. The molecule has 1 aliphatic carbocycles. The van der Waals surface area contributed by atoms with Gasteiger partial charge in [0.05, 0.1) is 17.6 Å². The summed E-state index contributed by atoms with van der Waals surface area (Å²) in [6.45, 7) is 3.25. The van der Waals surface area contributed by atoms with Crippen molar-refractivity contribution in [2.45, 2.75) is 26.2 Å². The highest BCUT2D eigenvalue weighted by atomic mass is 19.1. The van der Waals surface area contributed by atoms with Crippen LogP contribution in [0.4, 0.5) is 4.39 Å². The molecule has 2 aromatic rings. The maximum absolute atomic E-state index is 13.3. The normalized spacial score (nSPS) is 21.4. The lowest BCUT2D eigenvalue weighted by Gasteiger charge is -2.04. The van der Waals surface area contributed by atoms with Crippen LogP contribution in [0.15, 0.2) is 39.4 Å². The van der Waals surface area contributed by atoms with Gasteiger partial charge in [0.1, 0.15) is 5.69 Å². The molecule has 0 amide bonds. The fraction of sp³-hybridized carbons (Fsp3) is 0.333. The highest BCUT2D eigenvalue weighted by Gasteiger charge is 2.40. The van der Waals surface area contributed by atoms with Gasteiger partial charge in [-0.05, 0) is 49.3 Å². The highest BCUT2D eigenvalue weighted by molar-refractivity contribution is 5.57. The molecule has 0 saturated heterocycles. The lowest BCUT2D eigenvalue weighted by atomic mass is 10.1. The Morgan fingerprint density at radius 3 is 2.82 bits per heavy atom. The fourth-order valence-electron chi connectivity index (χ4n) is 2.61. The number of hydrogen-bond donors (Lipinski definition) is 2. The van der Waals surface area contributed by atoms with Crippen LogP contribution in [0, 0.1) is 5.92 Å². The van der Waals surface area contributed by atoms with Crippen molar-refractivity contribution in [3.05, 3.63) is 56.3 Å². The average molecular weight is 302 g/mol. The van der Waals surface area contributed by atoms with Gasteiger partial charge in [-0.1, -0.05) is 0 Å². The first kappa shape index (κ1) is 14.4. The second kappa shape index (κ2) is 5.32. The number of aromatic nitrogens is 4. The van der Waals surface area contributed by atoms with Crippen LogP contribution in [-0.2, 0) is 0 Å². The van der Waals surface area contributed by atoms with E-state index >= 15 is 0 Å². The molecule has 1 saturated carbocycles. The van der Waals surface area contributed by atoms with Crippen LogP contribution in [0.25, 0.3) is 11.3 Å². The summed E-state index contributed by atoms with van der Waals surface area (Å²) in [4.78, 5) is 27.4. The zero-order chi connectivity index (χ0) is 15.9. The topological polar surface area (TPSA) is 91.5 Å². The number of allylic oxidation sites excluding steroid dienone is 2. The minimum atomic E-state index is -0.570. The summed E-state index contributed by atoms with van der Waals surface area (Å²) in [7, 11) is 0. The van der Waals surface area contributed by atoms with E-state index in [1.54, 1.807) is 19.2 Å². The molecule has 1 aliphatic rings. The monoisotopic (exact) mass is 302 g/mol. The Morgan fingerprint density at radius 1 is 1.36 bits per heavy atom. The van der Waals surface area contributed by atoms with E-state index in [4.69, 9.17) is 0 Å². The Morgan fingerprint density at radius 2 is 2.14 bits per heavy atom. The van der Waals surface area contributed by atoms with Crippen LogP contribution in [0.5, 0.6) is 0 Å². The van der Waals surface area contributed by atoms with E-state index in [1.807, 2.05) is 0 Å². The van der Waals surface area contributed by atoms with E-state index in [9.17, 15) is 14.0 Å². The van der Waals surface area contributed by atoms with E-state index in [2.05, 4.69) is 20.2 Å². The van der Waals surface area contributed by atoms with Crippen molar-refractivity contribution in [1.29, 1.82) is 0 Å². The molecule has 0 unspecified atom stereocenters. The van der Waals surface area contributed by atoms with Gasteiger partial charge in [0.15, 0.2) is 0 Å². The van der Waals surface area contributed by atoms with Crippen LogP contribution in [0.2, 0.25) is 0 Å². The molecular formula is C15H15FN4O2. The molecule has 2 aromatic heterocycles. The molecule has 0 aliphatic heterocycles. The number of nitrogens with zero attached hydrogens (tertiary/aromatic N) is 2. The predicted molar refractivity (Wildman–Crippen MR) is 79.0 cm³/mol. The van der Waals surface area contributed by atoms with Crippen molar-refractivity contribution < 1.29 is 4.39 Å². The quantitative estimate of drug-likeness (QED) is 0.905. The van der Waals surface area contributed by atoms with Gasteiger partial charge in [0.25, 0.3) is 5.56 Å². The molecule has 0 bridgehead atoms. The van der Waals surface area contributed by atoms with Gasteiger partial charge in [0, 0.05) is 6.20 Å². The molecule has 2 N–H and O–H groups in total. The number of halogens is 1. The zero-order valence-corrected chi connectivity index (χ0v) is 12.2. The Bertz CT molecular complexity index is 864. The van der Waals surface area contributed by atoms with Gasteiger partial charge < -0.3 is 4.98 Å². The Kier molecular flexibility index (Phi) is 3.48. The van der Waals surface area contributed by atoms with E-state index in [0.29, 0.717) is 5.69 Å². The molecule has 0 spiro atoms. The number of rotatable bonds is 3. The van der Waals surface area contributed by atoms with Crippen molar-refractivity contribution in [2.24, 2.45) is 5.92 Å². The first-order chi connectivity index (χ1) is 10.5. The van der Waals surface area contributed by atoms with E-state index < -0.39 is 11.2 Å². The van der Waals surface area contributed by atoms with Gasteiger partial charge in [-0.15, -0.1) is 0 Å². The molecule has 22 heavy (non-hydrogen) atoms. The number of nitrogens with one attached hydrogen (secondary N) is 2. The highest BCUT2D eigenvalue weighted by Crippen LogP contribution is 2.52. The number of H-pyrrole nitrogens is 2. The molecule has 3 rings (SSSR count). The molecular weight excluding hydrogens is 287 g/mol. The Labute approximate surface area is 125 Å². The molecule has 2 heterocycles. The molecule has 6 nitrogen and oxygen atoms in total. The SMILES string of the molecule is C/C(F)=C(\C)[C@H]1C[C@@H]1c1cnnc(-c2c[nH]c(=O)[nH]c2=O)c1. The predicted octanol–water partition coefficient (Wildman–Crippen LogP) is 1.89. The van der Waals surface area contributed by atoms with Crippen molar-refractivity contribution in [1.82, 2.24) is 20.2 Å². The van der Waals surface area contributed by atoms with Gasteiger partial charge >= 0.3 is 5.69 Å². The van der Waals surface area contributed by atoms with Gasteiger partial charge in [-0.25, -0.2) is 9.18 Å². The summed E-state index contributed by atoms with van der Waals surface area (Å²) in [6.07, 6.45) is 3.81. The van der Waals surface area contributed by atoms with Crippen LogP contribution < -0.4 is 11.2 Å². The standard InChI is InChI=1S/C15H15FN4O2/c1-7(8(2)16)10-4-11(10)9-3-13(20-18-5-9)12-6-17-15(22)19-14(12)21/h3,5-6,10-11H,4H2,1-2H3,(H2,17,19,21,22)/b8-7-/t10-,11-/m1/s1. The first-order valence-electron chi connectivity index (χ1n) is 6.95. The summed E-state index contributed by atoms with van der Waals surface area (Å²) in [5.41, 5.74) is 1.23. The van der Waals surface area contributed by atoms with Gasteiger partial charge in [0.2, 0.25) is 0 Å².